The second-order valence-corrected chi connectivity index (χ2v) is 1.52. The summed E-state index contributed by atoms with van der Waals surface area (Å²) in [6.07, 6.45) is 1.45. The summed E-state index contributed by atoms with van der Waals surface area (Å²) in [4.78, 5) is 13.7. The molecule has 0 unspecified atom stereocenters. The van der Waals surface area contributed by atoms with E-state index in [0.29, 0.717) is 0 Å². The van der Waals surface area contributed by atoms with E-state index < -0.39 is 5.97 Å². The second-order valence-electron chi connectivity index (χ2n) is 1.52. The van der Waals surface area contributed by atoms with Crippen LogP contribution in [-0.4, -0.2) is 16.1 Å². The Bertz CT molecular complexity index is 212. The molecule has 0 bridgehead atoms. The van der Waals surface area contributed by atoms with E-state index in [9.17, 15) is 4.79 Å². The molecule has 1 aromatic rings. The number of hydrogen-bond acceptors (Lipinski definition) is 2. The molecule has 50 valence electrons. The molecule has 1 N–H and O–H groups in total. The van der Waals surface area contributed by atoms with Crippen LogP contribution in [0.5, 0.6) is 0 Å². The van der Waals surface area contributed by atoms with E-state index in [-0.39, 0.29) is 46.5 Å². The number of rotatable bonds is 1. The van der Waals surface area contributed by atoms with E-state index in [1.807, 2.05) is 0 Å². The third kappa shape index (κ3) is 2.70. The molecule has 0 aliphatic rings. The Morgan fingerprint density at radius 3 is 2.50 bits per heavy atom. The number of nitrogens with zero attached hydrogens (tertiary/aromatic N) is 1. The third-order valence-corrected chi connectivity index (χ3v) is 0.884. The standard InChI is InChI=1S/C6H5NO2.Nd/c8-6(9)5-3-1-2-4-7-5;/h1-4H,(H,8,9);. The number of pyridine rings is 1. The van der Waals surface area contributed by atoms with Crippen molar-refractivity contribution in [2.24, 2.45) is 0 Å². The first kappa shape index (κ1) is 9.97. The van der Waals surface area contributed by atoms with Crippen molar-refractivity contribution in [2.45, 2.75) is 0 Å². The predicted molar refractivity (Wildman–Crippen MR) is 31.2 cm³/mol. The molecule has 0 aliphatic carbocycles. The van der Waals surface area contributed by atoms with E-state index in [2.05, 4.69) is 4.98 Å². The smallest absolute Gasteiger partial charge is 0.354 e. The van der Waals surface area contributed by atoms with Crippen molar-refractivity contribution in [3.63, 3.8) is 0 Å². The topological polar surface area (TPSA) is 50.2 Å². The molecule has 3 nitrogen and oxygen atoms in total. The summed E-state index contributed by atoms with van der Waals surface area (Å²) in [5.41, 5.74) is 0.0810. The van der Waals surface area contributed by atoms with Crippen molar-refractivity contribution in [1.29, 1.82) is 0 Å². The largest absolute Gasteiger partial charge is 0.477 e. The molecule has 1 heterocycles. The molecule has 0 saturated heterocycles. The van der Waals surface area contributed by atoms with Gasteiger partial charge in [-0.05, 0) is 12.1 Å². The number of aromatic carboxylic acids is 1. The van der Waals surface area contributed by atoms with Crippen LogP contribution in [0.15, 0.2) is 24.4 Å². The maximum Gasteiger partial charge on any atom is 0.354 e. The van der Waals surface area contributed by atoms with Gasteiger partial charge in [0.15, 0.2) is 0 Å². The van der Waals surface area contributed by atoms with Crippen molar-refractivity contribution in [3.8, 4) is 0 Å². The van der Waals surface area contributed by atoms with Gasteiger partial charge in [0.25, 0.3) is 0 Å². The number of hydrogen-bond donors (Lipinski definition) is 1. The van der Waals surface area contributed by atoms with Crippen LogP contribution < -0.4 is 0 Å². The summed E-state index contributed by atoms with van der Waals surface area (Å²) in [5.74, 6) is -0.990. The molecule has 10 heavy (non-hydrogen) atoms. The summed E-state index contributed by atoms with van der Waals surface area (Å²) in [6.45, 7) is 0. The summed E-state index contributed by atoms with van der Waals surface area (Å²) >= 11 is 0. The van der Waals surface area contributed by atoms with Crippen molar-refractivity contribution < 1.29 is 50.7 Å². The summed E-state index contributed by atoms with van der Waals surface area (Å²) in [7, 11) is 0. The van der Waals surface area contributed by atoms with E-state index in [1.165, 1.54) is 12.3 Å². The first-order valence-electron chi connectivity index (χ1n) is 2.45. The molecule has 0 radical (unpaired) electrons. The Balaban J connectivity index is 0.000000810. The van der Waals surface area contributed by atoms with Crippen LogP contribution in [0.25, 0.3) is 0 Å². The third-order valence-electron chi connectivity index (χ3n) is 0.884. The zero-order chi connectivity index (χ0) is 6.69. The normalized spacial score (nSPS) is 8.00. The Kier molecular flexibility index (Phi) is 4.72. The van der Waals surface area contributed by atoms with Crippen molar-refractivity contribution in [2.75, 3.05) is 0 Å². The van der Waals surface area contributed by atoms with Gasteiger partial charge < -0.3 is 5.11 Å². The van der Waals surface area contributed by atoms with Gasteiger partial charge in [-0.1, -0.05) is 6.07 Å². The van der Waals surface area contributed by atoms with Crippen molar-refractivity contribution in [1.82, 2.24) is 4.98 Å². The quantitative estimate of drug-likeness (QED) is 0.818. The van der Waals surface area contributed by atoms with Gasteiger partial charge >= 0.3 is 5.97 Å². The zero-order valence-electron chi connectivity index (χ0n) is 5.11. The predicted octanol–water partition coefficient (Wildman–Crippen LogP) is 0.780. The van der Waals surface area contributed by atoms with Crippen molar-refractivity contribution in [3.05, 3.63) is 30.1 Å². The fourth-order valence-corrected chi connectivity index (χ4v) is 0.489. The second kappa shape index (κ2) is 4.74. The average molecular weight is 267 g/mol. The van der Waals surface area contributed by atoms with Crippen LogP contribution in [0.1, 0.15) is 10.5 Å². The fourth-order valence-electron chi connectivity index (χ4n) is 0.489. The Labute approximate surface area is 91.0 Å². The van der Waals surface area contributed by atoms with Crippen LogP contribution in [0, 0.1) is 40.8 Å². The molecular weight excluding hydrogens is 262 g/mol. The van der Waals surface area contributed by atoms with Crippen molar-refractivity contribution >= 4 is 5.97 Å². The van der Waals surface area contributed by atoms with Crippen LogP contribution in [0.4, 0.5) is 0 Å². The average Bonchev–Trinajstić information content (AvgIpc) is 1.90. The van der Waals surface area contributed by atoms with E-state index in [4.69, 9.17) is 5.11 Å². The molecule has 0 saturated carbocycles. The minimum atomic E-state index is -0.990. The Morgan fingerprint density at radius 1 is 1.50 bits per heavy atom. The SMILES string of the molecule is O=C(O)c1ccccn1.[Nd]. The summed E-state index contributed by atoms with van der Waals surface area (Å²) in [6, 6.07) is 4.76. The van der Waals surface area contributed by atoms with Crippen LogP contribution in [0.3, 0.4) is 0 Å². The fraction of sp³-hybridized carbons (Fsp3) is 0. The number of carboxylic acids is 1. The van der Waals surface area contributed by atoms with Gasteiger partial charge in [-0.15, -0.1) is 0 Å². The van der Waals surface area contributed by atoms with E-state index in [0.717, 1.165) is 0 Å². The summed E-state index contributed by atoms with van der Waals surface area (Å²) < 4.78 is 0. The van der Waals surface area contributed by atoms with Crippen LogP contribution in [-0.2, 0) is 0 Å². The van der Waals surface area contributed by atoms with Gasteiger partial charge in [0.05, 0.1) is 0 Å². The molecule has 0 atom stereocenters. The molecule has 0 spiro atoms. The maximum absolute atomic E-state index is 10.1. The first-order valence-corrected chi connectivity index (χ1v) is 2.45. The Hall–Kier alpha value is -0.0294. The van der Waals surface area contributed by atoms with Gasteiger partial charge in [0.1, 0.15) is 5.69 Å². The monoisotopic (exact) mass is 265 g/mol. The van der Waals surface area contributed by atoms with Crippen LogP contribution in [0.2, 0.25) is 0 Å². The van der Waals surface area contributed by atoms with Gasteiger partial charge in [-0.3, -0.25) is 0 Å². The number of carboxylic acid groups (broad SMARTS) is 1. The molecule has 0 aliphatic heterocycles. The number of aromatic nitrogens is 1. The molecule has 0 amide bonds. The van der Waals surface area contributed by atoms with Crippen LogP contribution >= 0.6 is 0 Å². The zero-order valence-corrected chi connectivity index (χ0v) is 8.32. The first-order chi connectivity index (χ1) is 4.30. The van der Waals surface area contributed by atoms with Gasteiger partial charge in [0, 0.05) is 47.0 Å². The minimum absolute atomic E-state index is 0. The van der Waals surface area contributed by atoms with Gasteiger partial charge in [-0.2, -0.15) is 0 Å². The van der Waals surface area contributed by atoms with Gasteiger partial charge in [-0.25, -0.2) is 9.78 Å². The van der Waals surface area contributed by atoms with Gasteiger partial charge in [0.2, 0.25) is 0 Å². The molecule has 4 heteroatoms. The number of carbonyl (C=O) groups is 1. The molecule has 1 rings (SSSR count). The van der Waals surface area contributed by atoms with E-state index >= 15 is 0 Å². The Morgan fingerprint density at radius 2 is 2.20 bits per heavy atom. The maximum atomic E-state index is 10.1. The molecule has 0 fully saturated rings. The summed E-state index contributed by atoms with van der Waals surface area (Å²) in [5, 5.41) is 8.32. The molecule has 0 aromatic carbocycles. The van der Waals surface area contributed by atoms with E-state index in [1.54, 1.807) is 12.1 Å². The molecule has 1 aromatic heterocycles. The molecular formula is C6H5NNdO2. The minimum Gasteiger partial charge on any atom is -0.477 e.